The van der Waals surface area contributed by atoms with Gasteiger partial charge in [0.2, 0.25) is 0 Å². The Morgan fingerprint density at radius 3 is 2.44 bits per heavy atom. The molecule has 0 radical (unpaired) electrons. The summed E-state index contributed by atoms with van der Waals surface area (Å²) >= 11 is 0. The zero-order chi connectivity index (χ0) is 11.6. The van der Waals surface area contributed by atoms with Gasteiger partial charge in [0.25, 0.3) is 0 Å². The fourth-order valence-electron chi connectivity index (χ4n) is 1.88. The van der Waals surface area contributed by atoms with E-state index in [0.29, 0.717) is 0 Å². The summed E-state index contributed by atoms with van der Waals surface area (Å²) in [5, 5.41) is 1.62. The largest absolute Gasteiger partial charge is 0.0901 e. The number of hydrogen-bond acceptors (Lipinski definition) is 0. The molecule has 1 aromatic carbocycles. The number of rotatable bonds is 8. The molecule has 0 heterocycles. The first kappa shape index (κ1) is 13.7. The Morgan fingerprint density at radius 1 is 0.938 bits per heavy atom. The quantitative estimate of drug-likeness (QED) is 0.460. The fraction of sp³-hybridized carbons (Fsp3) is 0.600. The zero-order valence-corrected chi connectivity index (χ0v) is 11.8. The number of benzene rings is 1. The van der Waals surface area contributed by atoms with Gasteiger partial charge >= 0.3 is 0 Å². The summed E-state index contributed by atoms with van der Waals surface area (Å²) in [5.74, 6) is 0. The van der Waals surface area contributed by atoms with Crippen molar-refractivity contribution in [3.8, 4) is 0 Å². The second-order valence-electron chi connectivity index (χ2n) is 4.39. The average Bonchev–Trinajstić information content (AvgIpc) is 2.33. The minimum absolute atomic E-state index is 1.02. The summed E-state index contributed by atoms with van der Waals surface area (Å²) < 4.78 is 0. The molecular weight excluding hydrogens is 211 g/mol. The van der Waals surface area contributed by atoms with Crippen LogP contribution in [-0.4, -0.2) is 6.16 Å². The molecule has 1 atom stereocenters. The molecule has 0 aliphatic rings. The standard InChI is InChI=1S/C15H25P/c1-3-5-9-13-16-15-12-8-7-11-14(15)10-6-4-2/h7-8,11-12,16H,3-6,9-10,13H2,1-2H3. The van der Waals surface area contributed by atoms with Gasteiger partial charge in [-0.15, -0.1) is 0 Å². The number of hydrogen-bond donors (Lipinski definition) is 0. The molecule has 90 valence electrons. The van der Waals surface area contributed by atoms with Crippen LogP contribution in [0.4, 0.5) is 0 Å². The van der Waals surface area contributed by atoms with Crippen molar-refractivity contribution in [1.82, 2.24) is 0 Å². The SMILES string of the molecule is CCCCCPc1ccccc1CCCC. The molecule has 1 rings (SSSR count). The van der Waals surface area contributed by atoms with E-state index >= 15 is 0 Å². The molecule has 0 amide bonds. The lowest BCUT2D eigenvalue weighted by Gasteiger charge is -2.08. The van der Waals surface area contributed by atoms with Gasteiger partial charge < -0.3 is 0 Å². The first-order valence-electron chi connectivity index (χ1n) is 6.70. The Morgan fingerprint density at radius 2 is 1.69 bits per heavy atom. The maximum absolute atomic E-state index is 2.33. The maximum atomic E-state index is 2.33. The molecule has 0 saturated heterocycles. The van der Waals surface area contributed by atoms with Crippen LogP contribution in [0.1, 0.15) is 51.5 Å². The molecule has 0 aromatic heterocycles. The lowest BCUT2D eigenvalue weighted by Crippen LogP contribution is -2.04. The second-order valence-corrected chi connectivity index (χ2v) is 5.79. The summed E-state index contributed by atoms with van der Waals surface area (Å²) in [6, 6.07) is 9.02. The summed E-state index contributed by atoms with van der Waals surface area (Å²) in [6.07, 6.45) is 9.41. The third kappa shape index (κ3) is 5.12. The predicted molar refractivity (Wildman–Crippen MR) is 77.4 cm³/mol. The van der Waals surface area contributed by atoms with Gasteiger partial charge in [0.15, 0.2) is 0 Å². The molecule has 16 heavy (non-hydrogen) atoms. The van der Waals surface area contributed by atoms with Crippen molar-refractivity contribution in [2.24, 2.45) is 0 Å². The third-order valence-corrected chi connectivity index (χ3v) is 4.39. The van der Waals surface area contributed by atoms with E-state index in [1.54, 1.807) is 10.9 Å². The molecule has 0 saturated carbocycles. The van der Waals surface area contributed by atoms with Crippen LogP contribution in [0.15, 0.2) is 24.3 Å². The molecule has 1 heteroatoms. The first-order valence-corrected chi connectivity index (χ1v) is 7.91. The van der Waals surface area contributed by atoms with Gasteiger partial charge in [-0.3, -0.25) is 0 Å². The Balaban J connectivity index is 2.43. The molecule has 0 spiro atoms. The van der Waals surface area contributed by atoms with Crippen molar-refractivity contribution in [2.45, 2.75) is 52.4 Å². The Labute approximate surface area is 103 Å². The Kier molecular flexibility index (Phi) is 7.51. The van der Waals surface area contributed by atoms with Gasteiger partial charge in [-0.2, -0.15) is 0 Å². The maximum Gasteiger partial charge on any atom is -0.0240 e. The van der Waals surface area contributed by atoms with E-state index in [4.69, 9.17) is 0 Å². The highest BCUT2D eigenvalue weighted by atomic mass is 31.1. The highest BCUT2D eigenvalue weighted by Crippen LogP contribution is 2.17. The monoisotopic (exact) mass is 236 g/mol. The second kappa shape index (κ2) is 8.76. The van der Waals surface area contributed by atoms with Gasteiger partial charge in [-0.1, -0.05) is 66.0 Å². The third-order valence-electron chi connectivity index (χ3n) is 2.91. The summed E-state index contributed by atoms with van der Waals surface area (Å²) in [4.78, 5) is 0. The molecule has 1 aromatic rings. The van der Waals surface area contributed by atoms with E-state index in [1.807, 2.05) is 0 Å². The van der Waals surface area contributed by atoms with Crippen LogP contribution in [-0.2, 0) is 6.42 Å². The van der Waals surface area contributed by atoms with E-state index in [9.17, 15) is 0 Å². The van der Waals surface area contributed by atoms with Gasteiger partial charge in [0, 0.05) is 0 Å². The highest BCUT2D eigenvalue weighted by Gasteiger charge is 2.00. The summed E-state index contributed by atoms with van der Waals surface area (Å²) in [5.41, 5.74) is 1.60. The number of unbranched alkanes of at least 4 members (excludes halogenated alkanes) is 3. The molecule has 0 nitrogen and oxygen atoms in total. The van der Waals surface area contributed by atoms with E-state index < -0.39 is 0 Å². The van der Waals surface area contributed by atoms with Crippen LogP contribution in [0.3, 0.4) is 0 Å². The minimum atomic E-state index is 1.02. The van der Waals surface area contributed by atoms with Crippen LogP contribution in [0.25, 0.3) is 0 Å². The van der Waals surface area contributed by atoms with Crippen LogP contribution in [0.2, 0.25) is 0 Å². The van der Waals surface area contributed by atoms with Gasteiger partial charge in [-0.05, 0) is 36.3 Å². The zero-order valence-electron chi connectivity index (χ0n) is 10.8. The lowest BCUT2D eigenvalue weighted by molar-refractivity contribution is 0.777. The minimum Gasteiger partial charge on any atom is -0.0901 e. The molecule has 0 bridgehead atoms. The summed E-state index contributed by atoms with van der Waals surface area (Å²) in [6.45, 7) is 4.55. The van der Waals surface area contributed by atoms with Crippen LogP contribution >= 0.6 is 8.58 Å². The van der Waals surface area contributed by atoms with Crippen LogP contribution < -0.4 is 5.30 Å². The highest BCUT2D eigenvalue weighted by molar-refractivity contribution is 7.47. The van der Waals surface area contributed by atoms with E-state index in [1.165, 1.54) is 44.7 Å². The molecule has 0 fully saturated rings. The predicted octanol–water partition coefficient (Wildman–Crippen LogP) is 4.52. The van der Waals surface area contributed by atoms with Gasteiger partial charge in [0.05, 0.1) is 0 Å². The van der Waals surface area contributed by atoms with Crippen molar-refractivity contribution >= 4 is 13.9 Å². The van der Waals surface area contributed by atoms with Crippen molar-refractivity contribution in [3.63, 3.8) is 0 Å². The van der Waals surface area contributed by atoms with Gasteiger partial charge in [-0.25, -0.2) is 0 Å². The molecular formula is C15H25P. The lowest BCUT2D eigenvalue weighted by atomic mass is 10.1. The summed E-state index contributed by atoms with van der Waals surface area (Å²) in [7, 11) is 1.02. The molecule has 0 aliphatic heterocycles. The number of aryl methyl sites for hydroxylation is 1. The Bertz CT molecular complexity index is 281. The fourth-order valence-corrected chi connectivity index (χ4v) is 3.22. The molecule has 0 N–H and O–H groups in total. The topological polar surface area (TPSA) is 0 Å². The van der Waals surface area contributed by atoms with E-state index in [-0.39, 0.29) is 0 Å². The van der Waals surface area contributed by atoms with Crippen molar-refractivity contribution < 1.29 is 0 Å². The average molecular weight is 236 g/mol. The van der Waals surface area contributed by atoms with Crippen molar-refractivity contribution in [3.05, 3.63) is 29.8 Å². The van der Waals surface area contributed by atoms with Crippen molar-refractivity contribution in [2.75, 3.05) is 6.16 Å². The smallest absolute Gasteiger partial charge is 0.0240 e. The van der Waals surface area contributed by atoms with E-state index in [0.717, 1.165) is 8.58 Å². The molecule has 1 unspecified atom stereocenters. The van der Waals surface area contributed by atoms with E-state index in [2.05, 4.69) is 38.1 Å². The van der Waals surface area contributed by atoms with Crippen LogP contribution in [0.5, 0.6) is 0 Å². The normalized spacial score (nSPS) is 11.4. The Hall–Kier alpha value is -0.350. The molecule has 0 aliphatic carbocycles. The van der Waals surface area contributed by atoms with Crippen LogP contribution in [0, 0.1) is 0 Å². The van der Waals surface area contributed by atoms with Crippen molar-refractivity contribution in [1.29, 1.82) is 0 Å². The van der Waals surface area contributed by atoms with Gasteiger partial charge in [0.1, 0.15) is 0 Å². The first-order chi connectivity index (χ1) is 7.88.